The van der Waals surface area contributed by atoms with Crippen LogP contribution in [0.15, 0.2) is 48.5 Å². The molecule has 1 atom stereocenters. The molecule has 5 nitrogen and oxygen atoms in total. The van der Waals surface area contributed by atoms with E-state index >= 15 is 0 Å². The average Bonchev–Trinajstić information content (AvgIpc) is 3.02. The summed E-state index contributed by atoms with van der Waals surface area (Å²) < 4.78 is 5.31. The molecule has 1 saturated heterocycles. The van der Waals surface area contributed by atoms with E-state index in [0.717, 1.165) is 5.56 Å². The van der Waals surface area contributed by atoms with Gasteiger partial charge in [0.2, 0.25) is 11.8 Å². The molecular weight excluding hydrogens is 340 g/mol. The predicted molar refractivity (Wildman–Crippen MR) is 96.8 cm³/mol. The highest BCUT2D eigenvalue weighted by atomic mass is 35.5. The third-order valence-corrected chi connectivity index (χ3v) is 4.50. The summed E-state index contributed by atoms with van der Waals surface area (Å²) in [6.45, 7) is 0.765. The van der Waals surface area contributed by atoms with Crippen LogP contribution in [0.5, 0.6) is 5.75 Å². The van der Waals surface area contributed by atoms with Gasteiger partial charge in [-0.2, -0.15) is 0 Å². The zero-order chi connectivity index (χ0) is 17.8. The summed E-state index contributed by atoms with van der Waals surface area (Å²) in [5, 5.41) is 3.55. The maximum absolute atomic E-state index is 12.4. The van der Waals surface area contributed by atoms with E-state index in [1.54, 1.807) is 30.2 Å². The number of carbonyl (C=O) groups excluding carboxylic acids is 2. The number of rotatable bonds is 5. The van der Waals surface area contributed by atoms with Gasteiger partial charge >= 0.3 is 0 Å². The van der Waals surface area contributed by atoms with E-state index in [-0.39, 0.29) is 24.2 Å². The number of carbonyl (C=O) groups is 2. The fourth-order valence-corrected chi connectivity index (χ4v) is 3.03. The number of ether oxygens (including phenoxy) is 1. The van der Waals surface area contributed by atoms with Gasteiger partial charge in [-0.25, -0.2) is 0 Å². The Labute approximate surface area is 151 Å². The molecule has 2 aromatic carbocycles. The highest BCUT2D eigenvalue weighted by Gasteiger charge is 2.36. The van der Waals surface area contributed by atoms with Crippen molar-refractivity contribution in [1.82, 2.24) is 5.32 Å². The Hall–Kier alpha value is -2.53. The van der Waals surface area contributed by atoms with Crippen LogP contribution in [0.2, 0.25) is 5.02 Å². The molecule has 0 saturated carbocycles. The zero-order valence-electron chi connectivity index (χ0n) is 13.9. The van der Waals surface area contributed by atoms with Crippen molar-refractivity contribution >= 4 is 29.1 Å². The van der Waals surface area contributed by atoms with Crippen molar-refractivity contribution in [3.8, 4) is 5.75 Å². The number of nitrogens with zero attached hydrogens (tertiary/aromatic N) is 1. The quantitative estimate of drug-likeness (QED) is 0.893. The van der Waals surface area contributed by atoms with Crippen molar-refractivity contribution in [3.63, 3.8) is 0 Å². The fourth-order valence-electron chi connectivity index (χ4n) is 2.90. The Balaban J connectivity index is 1.63. The number of amides is 2. The molecule has 0 bridgehead atoms. The zero-order valence-corrected chi connectivity index (χ0v) is 14.6. The van der Waals surface area contributed by atoms with E-state index in [4.69, 9.17) is 16.3 Å². The second-order valence-corrected chi connectivity index (χ2v) is 6.36. The lowest BCUT2D eigenvalue weighted by molar-refractivity contribution is -0.126. The molecule has 3 rings (SSSR count). The molecule has 1 N–H and O–H groups in total. The van der Waals surface area contributed by atoms with Gasteiger partial charge in [-0.05, 0) is 29.8 Å². The lowest BCUT2D eigenvalue weighted by Crippen LogP contribution is -2.32. The van der Waals surface area contributed by atoms with Crippen LogP contribution >= 0.6 is 11.6 Å². The molecule has 2 aromatic rings. The SMILES string of the molecule is COc1ccccc1N1CC(C(=O)NCc2ccc(Cl)cc2)CC1=O. The van der Waals surface area contributed by atoms with Gasteiger partial charge in [0.25, 0.3) is 0 Å². The Morgan fingerprint density at radius 1 is 1.24 bits per heavy atom. The van der Waals surface area contributed by atoms with Crippen LogP contribution in [-0.2, 0) is 16.1 Å². The summed E-state index contributed by atoms with van der Waals surface area (Å²) in [6, 6.07) is 14.6. The average molecular weight is 359 g/mol. The number of hydrogen-bond donors (Lipinski definition) is 1. The van der Waals surface area contributed by atoms with Gasteiger partial charge in [0, 0.05) is 24.5 Å². The number of para-hydroxylation sites is 2. The monoisotopic (exact) mass is 358 g/mol. The molecule has 1 aliphatic rings. The molecule has 130 valence electrons. The maximum Gasteiger partial charge on any atom is 0.227 e. The number of nitrogens with one attached hydrogen (secondary N) is 1. The Morgan fingerprint density at radius 3 is 2.68 bits per heavy atom. The minimum atomic E-state index is -0.371. The number of halogens is 1. The molecule has 6 heteroatoms. The molecule has 0 aromatic heterocycles. The summed E-state index contributed by atoms with van der Waals surface area (Å²) in [4.78, 5) is 26.4. The van der Waals surface area contributed by atoms with Crippen LogP contribution in [0.4, 0.5) is 5.69 Å². The van der Waals surface area contributed by atoms with E-state index in [1.807, 2.05) is 30.3 Å². The first-order valence-electron chi connectivity index (χ1n) is 8.04. The Morgan fingerprint density at radius 2 is 1.96 bits per heavy atom. The van der Waals surface area contributed by atoms with E-state index < -0.39 is 0 Å². The molecule has 0 radical (unpaired) electrons. The van der Waals surface area contributed by atoms with Crippen LogP contribution < -0.4 is 15.0 Å². The highest BCUT2D eigenvalue weighted by Crippen LogP contribution is 2.32. The molecule has 2 amide bonds. The molecule has 1 fully saturated rings. The summed E-state index contributed by atoms with van der Waals surface area (Å²) in [6.07, 6.45) is 0.199. The maximum atomic E-state index is 12.4. The van der Waals surface area contributed by atoms with Gasteiger partial charge in [0.1, 0.15) is 5.75 Å². The summed E-state index contributed by atoms with van der Waals surface area (Å²) in [7, 11) is 1.57. The van der Waals surface area contributed by atoms with Crippen LogP contribution in [0.1, 0.15) is 12.0 Å². The number of hydrogen-bond acceptors (Lipinski definition) is 3. The third-order valence-electron chi connectivity index (χ3n) is 4.25. The van der Waals surface area contributed by atoms with E-state index in [1.165, 1.54) is 0 Å². The summed E-state index contributed by atoms with van der Waals surface area (Å²) >= 11 is 5.85. The minimum Gasteiger partial charge on any atom is -0.495 e. The molecule has 1 unspecified atom stereocenters. The van der Waals surface area contributed by atoms with Crippen molar-refractivity contribution in [1.29, 1.82) is 0 Å². The summed E-state index contributed by atoms with van der Waals surface area (Å²) in [5.41, 5.74) is 1.66. The van der Waals surface area contributed by atoms with E-state index in [9.17, 15) is 9.59 Å². The van der Waals surface area contributed by atoms with E-state index in [2.05, 4.69) is 5.32 Å². The lowest BCUT2D eigenvalue weighted by atomic mass is 10.1. The molecular formula is C19H19ClN2O3. The predicted octanol–water partition coefficient (Wildman–Crippen LogP) is 3.02. The molecule has 0 spiro atoms. The molecule has 25 heavy (non-hydrogen) atoms. The normalized spacial score (nSPS) is 16.8. The smallest absolute Gasteiger partial charge is 0.227 e. The van der Waals surface area contributed by atoms with Gasteiger partial charge in [-0.15, -0.1) is 0 Å². The topological polar surface area (TPSA) is 58.6 Å². The van der Waals surface area contributed by atoms with Crippen LogP contribution in [0, 0.1) is 5.92 Å². The molecule has 1 heterocycles. The van der Waals surface area contributed by atoms with Crippen molar-refractivity contribution in [3.05, 3.63) is 59.1 Å². The van der Waals surface area contributed by atoms with Gasteiger partial charge in [-0.1, -0.05) is 35.9 Å². The van der Waals surface area contributed by atoms with Gasteiger partial charge in [0.15, 0.2) is 0 Å². The summed E-state index contributed by atoms with van der Waals surface area (Å²) in [5.74, 6) is 0.0552. The van der Waals surface area contributed by atoms with Crippen LogP contribution in [0.25, 0.3) is 0 Å². The Kier molecular flexibility index (Phi) is 5.24. The second-order valence-electron chi connectivity index (χ2n) is 5.92. The first-order valence-corrected chi connectivity index (χ1v) is 8.42. The van der Waals surface area contributed by atoms with Crippen LogP contribution in [-0.4, -0.2) is 25.5 Å². The first kappa shape index (κ1) is 17.3. The number of methoxy groups -OCH3 is 1. The molecule has 1 aliphatic heterocycles. The standard InChI is InChI=1S/C19H19ClN2O3/c1-25-17-5-3-2-4-16(17)22-12-14(10-18(22)23)19(24)21-11-13-6-8-15(20)9-7-13/h2-9,14H,10-12H2,1H3,(H,21,24). The number of benzene rings is 2. The van der Waals surface area contributed by atoms with Gasteiger partial charge in [0.05, 0.1) is 18.7 Å². The third kappa shape index (κ3) is 3.94. The van der Waals surface area contributed by atoms with Crippen molar-refractivity contribution in [2.75, 3.05) is 18.6 Å². The number of anilines is 1. The van der Waals surface area contributed by atoms with Crippen molar-refractivity contribution < 1.29 is 14.3 Å². The molecule has 0 aliphatic carbocycles. The Bertz CT molecular complexity index is 776. The van der Waals surface area contributed by atoms with Gasteiger partial charge < -0.3 is 15.0 Å². The fraction of sp³-hybridized carbons (Fsp3) is 0.263. The highest BCUT2D eigenvalue weighted by molar-refractivity contribution is 6.30. The largest absolute Gasteiger partial charge is 0.495 e. The van der Waals surface area contributed by atoms with Crippen LogP contribution in [0.3, 0.4) is 0 Å². The van der Waals surface area contributed by atoms with Gasteiger partial charge in [-0.3, -0.25) is 9.59 Å². The van der Waals surface area contributed by atoms with E-state index in [0.29, 0.717) is 29.5 Å². The first-order chi connectivity index (χ1) is 12.1. The minimum absolute atomic E-state index is 0.0730. The van der Waals surface area contributed by atoms with Crippen molar-refractivity contribution in [2.45, 2.75) is 13.0 Å². The van der Waals surface area contributed by atoms with Crippen molar-refractivity contribution in [2.24, 2.45) is 5.92 Å². The second kappa shape index (κ2) is 7.57. The lowest BCUT2D eigenvalue weighted by Gasteiger charge is -2.19.